The molecule has 10 nitrogen and oxygen atoms in total. The molecule has 0 unspecified atom stereocenters. The number of nitrogens with zero attached hydrogens (tertiary/aromatic N) is 4. The maximum atomic E-state index is 11.4. The Balaban J connectivity index is 1.53. The standard InChI is InChI=1S/C23H21Cl2N5O5S/c1-36(31,32)29-23-27-6-4-16(28-23)14-35-18-2-3-20-21(12-18)33-9-7-30(20)17-10-15(13-26)22(19(25)11-17)34-8-5-24/h2-4,6,10-12H,5,7-9,14H2,1H3,(H,27,28,29). The van der Waals surface area contributed by atoms with E-state index in [1.807, 2.05) is 11.0 Å². The van der Waals surface area contributed by atoms with Gasteiger partial charge in [0.05, 0.1) is 40.6 Å². The first-order chi connectivity index (χ1) is 17.3. The van der Waals surface area contributed by atoms with Crippen molar-refractivity contribution in [2.75, 3.05) is 41.5 Å². The summed E-state index contributed by atoms with van der Waals surface area (Å²) < 4.78 is 42.2. The average Bonchev–Trinajstić information content (AvgIpc) is 2.85. The zero-order valence-electron chi connectivity index (χ0n) is 19.1. The molecule has 36 heavy (non-hydrogen) atoms. The number of nitriles is 1. The number of nitrogens with one attached hydrogen (secondary N) is 1. The number of ether oxygens (including phenoxy) is 3. The molecule has 0 saturated heterocycles. The lowest BCUT2D eigenvalue weighted by Crippen LogP contribution is -2.28. The van der Waals surface area contributed by atoms with Crippen molar-refractivity contribution in [2.45, 2.75) is 6.61 Å². The Morgan fingerprint density at radius 2 is 2.08 bits per heavy atom. The Hall–Kier alpha value is -3.46. The van der Waals surface area contributed by atoms with Gasteiger partial charge in [-0.25, -0.2) is 18.4 Å². The molecule has 0 aliphatic carbocycles. The van der Waals surface area contributed by atoms with Crippen LogP contribution in [0, 0.1) is 11.3 Å². The quantitative estimate of drug-likeness (QED) is 0.392. The zero-order chi connectivity index (χ0) is 25.7. The van der Waals surface area contributed by atoms with Crippen molar-refractivity contribution in [2.24, 2.45) is 0 Å². The number of alkyl halides is 1. The monoisotopic (exact) mass is 549 g/mol. The average molecular weight is 550 g/mol. The van der Waals surface area contributed by atoms with Crippen LogP contribution in [0.1, 0.15) is 11.3 Å². The third-order valence-corrected chi connectivity index (χ3v) is 5.94. The highest BCUT2D eigenvalue weighted by molar-refractivity contribution is 7.91. The fraction of sp³-hybridized carbons (Fsp3) is 0.261. The van der Waals surface area contributed by atoms with E-state index in [1.54, 1.807) is 30.3 Å². The summed E-state index contributed by atoms with van der Waals surface area (Å²) in [6.45, 7) is 1.29. The second kappa shape index (κ2) is 11.1. The van der Waals surface area contributed by atoms with Crippen molar-refractivity contribution in [1.82, 2.24) is 9.97 Å². The Bertz CT molecular complexity index is 1410. The van der Waals surface area contributed by atoms with Crippen molar-refractivity contribution >= 4 is 50.5 Å². The molecule has 13 heteroatoms. The molecular formula is C23H21Cl2N5O5S. The molecular weight excluding hydrogens is 529 g/mol. The highest BCUT2D eigenvalue weighted by atomic mass is 35.5. The minimum absolute atomic E-state index is 0.0301. The van der Waals surface area contributed by atoms with E-state index in [0.29, 0.717) is 46.7 Å². The predicted molar refractivity (Wildman–Crippen MR) is 136 cm³/mol. The molecule has 2 aromatic carbocycles. The number of hydrogen-bond acceptors (Lipinski definition) is 9. The van der Waals surface area contributed by atoms with Gasteiger partial charge >= 0.3 is 0 Å². The van der Waals surface area contributed by atoms with Gasteiger partial charge in [-0.15, -0.1) is 11.6 Å². The zero-order valence-corrected chi connectivity index (χ0v) is 21.4. The van der Waals surface area contributed by atoms with Crippen LogP contribution in [0.5, 0.6) is 17.2 Å². The third kappa shape index (κ3) is 6.20. The largest absolute Gasteiger partial charge is 0.489 e. The van der Waals surface area contributed by atoms with E-state index in [2.05, 4.69) is 20.8 Å². The smallest absolute Gasteiger partial charge is 0.236 e. The van der Waals surface area contributed by atoms with Crippen molar-refractivity contribution < 1.29 is 22.6 Å². The summed E-state index contributed by atoms with van der Waals surface area (Å²) in [5.41, 5.74) is 2.31. The fourth-order valence-corrected chi connectivity index (χ4v) is 4.29. The third-order valence-electron chi connectivity index (χ3n) is 4.96. The maximum absolute atomic E-state index is 11.4. The Morgan fingerprint density at radius 3 is 2.83 bits per heavy atom. The van der Waals surface area contributed by atoms with Crippen molar-refractivity contribution in [3.05, 3.63) is 58.9 Å². The molecule has 2 heterocycles. The lowest BCUT2D eigenvalue weighted by Gasteiger charge is -2.32. The van der Waals surface area contributed by atoms with Crippen LogP contribution in [-0.2, 0) is 16.6 Å². The summed E-state index contributed by atoms with van der Waals surface area (Å²) in [4.78, 5) is 10.0. The molecule has 1 N–H and O–H groups in total. The summed E-state index contributed by atoms with van der Waals surface area (Å²) >= 11 is 12.1. The summed E-state index contributed by atoms with van der Waals surface area (Å²) in [5.74, 6) is 1.68. The normalized spacial score (nSPS) is 12.8. The first-order valence-corrected chi connectivity index (χ1v) is 13.5. The van der Waals surface area contributed by atoms with Crippen LogP contribution in [0.2, 0.25) is 5.02 Å². The lowest BCUT2D eigenvalue weighted by atomic mass is 10.1. The van der Waals surface area contributed by atoms with Crippen LogP contribution >= 0.6 is 23.2 Å². The molecule has 188 valence electrons. The minimum atomic E-state index is -3.49. The molecule has 0 amide bonds. The summed E-state index contributed by atoms with van der Waals surface area (Å²) in [6.07, 6.45) is 2.47. The highest BCUT2D eigenvalue weighted by Gasteiger charge is 2.23. The van der Waals surface area contributed by atoms with Gasteiger partial charge in [-0.3, -0.25) is 4.72 Å². The minimum Gasteiger partial charge on any atom is -0.489 e. The molecule has 0 saturated carbocycles. The number of aromatic nitrogens is 2. The number of sulfonamides is 1. The summed E-state index contributed by atoms with van der Waals surface area (Å²) in [7, 11) is -3.49. The van der Waals surface area contributed by atoms with Gasteiger partial charge in [0, 0.05) is 18.0 Å². The molecule has 1 aliphatic heterocycles. The molecule has 0 spiro atoms. The van der Waals surface area contributed by atoms with E-state index in [1.165, 1.54) is 6.20 Å². The van der Waals surface area contributed by atoms with Crippen LogP contribution in [-0.4, -0.2) is 50.3 Å². The first kappa shape index (κ1) is 25.6. The Morgan fingerprint density at radius 1 is 1.25 bits per heavy atom. The summed E-state index contributed by atoms with van der Waals surface area (Å²) in [5, 5.41) is 9.91. The van der Waals surface area contributed by atoms with E-state index in [-0.39, 0.29) is 25.0 Å². The Kier molecular flexibility index (Phi) is 7.88. The van der Waals surface area contributed by atoms with Gasteiger partial charge in [0.1, 0.15) is 37.4 Å². The van der Waals surface area contributed by atoms with Crippen LogP contribution in [0.25, 0.3) is 0 Å². The molecule has 0 fully saturated rings. The van der Waals surface area contributed by atoms with Crippen molar-refractivity contribution in [3.8, 4) is 23.3 Å². The molecule has 0 bridgehead atoms. The van der Waals surface area contributed by atoms with E-state index < -0.39 is 10.0 Å². The van der Waals surface area contributed by atoms with Crippen molar-refractivity contribution in [3.63, 3.8) is 0 Å². The number of hydrogen-bond donors (Lipinski definition) is 1. The van der Waals surface area contributed by atoms with Gasteiger partial charge in [-0.2, -0.15) is 5.26 Å². The van der Waals surface area contributed by atoms with Gasteiger partial charge in [0.25, 0.3) is 0 Å². The predicted octanol–water partition coefficient (Wildman–Crippen LogP) is 4.10. The van der Waals surface area contributed by atoms with Gasteiger partial charge in [-0.1, -0.05) is 11.6 Å². The maximum Gasteiger partial charge on any atom is 0.236 e. The van der Waals surface area contributed by atoms with Gasteiger partial charge < -0.3 is 19.1 Å². The molecule has 0 atom stereocenters. The number of benzene rings is 2. The van der Waals surface area contributed by atoms with Crippen LogP contribution in [0.15, 0.2) is 42.6 Å². The molecule has 3 aromatic rings. The van der Waals surface area contributed by atoms with Gasteiger partial charge in [0.2, 0.25) is 16.0 Å². The van der Waals surface area contributed by atoms with E-state index in [4.69, 9.17) is 37.4 Å². The van der Waals surface area contributed by atoms with E-state index in [0.717, 1.165) is 17.6 Å². The fourth-order valence-electron chi connectivity index (χ4n) is 3.51. The highest BCUT2D eigenvalue weighted by Crippen LogP contribution is 2.42. The second-order valence-electron chi connectivity index (χ2n) is 7.62. The van der Waals surface area contributed by atoms with E-state index in [9.17, 15) is 13.7 Å². The van der Waals surface area contributed by atoms with E-state index >= 15 is 0 Å². The number of rotatable bonds is 9. The molecule has 1 aliphatic rings. The van der Waals surface area contributed by atoms with Crippen LogP contribution < -0.4 is 23.8 Å². The number of halogens is 2. The molecule has 0 radical (unpaired) electrons. The van der Waals surface area contributed by atoms with Crippen LogP contribution in [0.4, 0.5) is 17.3 Å². The van der Waals surface area contributed by atoms with Crippen molar-refractivity contribution in [1.29, 1.82) is 5.26 Å². The lowest BCUT2D eigenvalue weighted by molar-refractivity contribution is 0.290. The molecule has 4 rings (SSSR count). The Labute approximate surface area is 218 Å². The number of fused-ring (bicyclic) bond motifs is 1. The first-order valence-electron chi connectivity index (χ1n) is 10.7. The van der Waals surface area contributed by atoms with Crippen LogP contribution in [0.3, 0.4) is 0 Å². The number of anilines is 3. The van der Waals surface area contributed by atoms with Gasteiger partial charge in [0.15, 0.2) is 5.75 Å². The molecule has 1 aromatic heterocycles. The summed E-state index contributed by atoms with van der Waals surface area (Å²) in [6, 6.07) is 12.6. The topological polar surface area (TPSA) is 127 Å². The second-order valence-corrected chi connectivity index (χ2v) is 10.2. The SMILES string of the molecule is CS(=O)(=O)Nc1nccc(COc2ccc3c(c2)OCCN3c2cc(Cl)c(OCCCl)c(C#N)c2)n1. The van der Waals surface area contributed by atoms with Gasteiger partial charge in [-0.05, 0) is 30.3 Å².